The van der Waals surface area contributed by atoms with E-state index in [1.54, 1.807) is 38.4 Å². The van der Waals surface area contributed by atoms with Gasteiger partial charge in [0, 0.05) is 35.4 Å². The SMILES string of the molecule is CN/C(=C1/CCN(C(=O)c2ncn(C3=CC=CNC3O)n2)[C@@H](C)C1=N)c1cc(Cl)cc(S(N)(=O)=O)c1. The number of dihydropyridines is 1. The van der Waals surface area contributed by atoms with Gasteiger partial charge in [-0.25, -0.2) is 23.2 Å². The van der Waals surface area contributed by atoms with Gasteiger partial charge >= 0.3 is 0 Å². The number of aromatic nitrogens is 3. The predicted molar refractivity (Wildman–Crippen MR) is 134 cm³/mol. The van der Waals surface area contributed by atoms with Crippen LogP contribution in [0.4, 0.5) is 0 Å². The molecule has 12 nitrogen and oxygen atoms in total. The molecule has 3 heterocycles. The quantitative estimate of drug-likeness (QED) is 0.374. The number of allylic oxidation sites excluding steroid dienone is 2. The number of likely N-dealkylation sites (tertiary alicyclic amines) is 1. The molecule has 0 saturated carbocycles. The molecular formula is C22H25ClN8O4S. The van der Waals surface area contributed by atoms with E-state index in [4.69, 9.17) is 22.1 Å². The summed E-state index contributed by atoms with van der Waals surface area (Å²) in [7, 11) is -2.33. The highest BCUT2D eigenvalue weighted by Gasteiger charge is 2.34. The van der Waals surface area contributed by atoms with Gasteiger partial charge in [-0.05, 0) is 49.9 Å². The van der Waals surface area contributed by atoms with Crippen molar-refractivity contribution in [3.63, 3.8) is 0 Å². The monoisotopic (exact) mass is 532 g/mol. The van der Waals surface area contributed by atoms with Crippen molar-refractivity contribution >= 4 is 44.6 Å². The van der Waals surface area contributed by atoms with Gasteiger partial charge in [0.1, 0.15) is 6.33 Å². The zero-order valence-electron chi connectivity index (χ0n) is 19.4. The third-order valence-corrected chi connectivity index (χ3v) is 7.07. The Hall–Kier alpha value is -3.52. The second-order valence-electron chi connectivity index (χ2n) is 8.19. The minimum atomic E-state index is -3.99. The Labute approximate surface area is 212 Å². The molecule has 0 spiro atoms. The van der Waals surface area contributed by atoms with Gasteiger partial charge in [-0.3, -0.25) is 4.79 Å². The number of nitrogens with zero attached hydrogens (tertiary/aromatic N) is 4. The third-order valence-electron chi connectivity index (χ3n) is 5.96. The molecule has 1 aromatic carbocycles. The number of piperidine rings is 1. The van der Waals surface area contributed by atoms with Crippen LogP contribution in [0.1, 0.15) is 29.5 Å². The summed E-state index contributed by atoms with van der Waals surface area (Å²) in [6.07, 6.45) is 5.60. The number of halogens is 1. The number of amides is 1. The van der Waals surface area contributed by atoms with E-state index in [0.717, 1.165) is 0 Å². The van der Waals surface area contributed by atoms with Gasteiger partial charge in [0.15, 0.2) is 6.23 Å². The number of hydrogen-bond acceptors (Lipinski definition) is 9. The highest BCUT2D eigenvalue weighted by Crippen LogP contribution is 2.29. The first-order valence-electron chi connectivity index (χ1n) is 10.9. The number of rotatable bonds is 5. The molecule has 2 aliphatic heterocycles. The smallest absolute Gasteiger partial charge is 0.294 e. The van der Waals surface area contributed by atoms with Gasteiger partial charge in [-0.1, -0.05) is 11.6 Å². The maximum absolute atomic E-state index is 13.2. The molecule has 14 heteroatoms. The topological polar surface area (TPSA) is 179 Å². The molecule has 2 atom stereocenters. The summed E-state index contributed by atoms with van der Waals surface area (Å²) in [6, 6.07) is 3.62. The molecule has 1 aromatic heterocycles. The summed E-state index contributed by atoms with van der Waals surface area (Å²) >= 11 is 6.14. The lowest BCUT2D eigenvalue weighted by atomic mass is 9.91. The Morgan fingerprint density at radius 1 is 1.36 bits per heavy atom. The van der Waals surface area contributed by atoms with Gasteiger partial charge in [0.2, 0.25) is 15.8 Å². The molecule has 190 valence electrons. The zero-order valence-corrected chi connectivity index (χ0v) is 21.0. The summed E-state index contributed by atoms with van der Waals surface area (Å²) < 4.78 is 25.1. The van der Waals surface area contributed by atoms with E-state index in [0.29, 0.717) is 29.0 Å². The minimum absolute atomic E-state index is 0.0637. The maximum Gasteiger partial charge on any atom is 0.294 e. The van der Waals surface area contributed by atoms with Crippen molar-refractivity contribution in [1.29, 1.82) is 5.41 Å². The lowest BCUT2D eigenvalue weighted by Gasteiger charge is -2.35. The molecule has 36 heavy (non-hydrogen) atoms. The van der Waals surface area contributed by atoms with Gasteiger partial charge < -0.3 is 26.0 Å². The van der Waals surface area contributed by atoms with Crippen LogP contribution in [0.15, 0.2) is 53.3 Å². The van der Waals surface area contributed by atoms with E-state index < -0.39 is 28.2 Å². The number of carbonyl (C=O) groups is 1. The first-order chi connectivity index (χ1) is 17.0. The summed E-state index contributed by atoms with van der Waals surface area (Å²) in [4.78, 5) is 18.7. The van der Waals surface area contributed by atoms with E-state index in [2.05, 4.69) is 20.7 Å². The second kappa shape index (κ2) is 9.85. The predicted octanol–water partition coefficient (Wildman–Crippen LogP) is 0.740. The van der Waals surface area contributed by atoms with Crippen molar-refractivity contribution in [2.45, 2.75) is 30.5 Å². The Morgan fingerprint density at radius 2 is 2.11 bits per heavy atom. The molecule has 0 radical (unpaired) electrons. The van der Waals surface area contributed by atoms with E-state index in [-0.39, 0.29) is 28.0 Å². The minimum Gasteiger partial charge on any atom is -0.387 e. The zero-order chi connectivity index (χ0) is 26.2. The van der Waals surface area contributed by atoms with Crippen LogP contribution in [0.5, 0.6) is 0 Å². The number of carbonyl (C=O) groups excluding carboxylic acids is 1. The van der Waals surface area contributed by atoms with Crippen molar-refractivity contribution in [2.75, 3.05) is 13.6 Å². The molecule has 1 amide bonds. The number of nitrogens with two attached hydrogens (primary N) is 1. The average molecular weight is 533 g/mol. The molecule has 0 aliphatic carbocycles. The fourth-order valence-corrected chi connectivity index (χ4v) is 5.01. The van der Waals surface area contributed by atoms with Crippen LogP contribution in [0.25, 0.3) is 11.4 Å². The van der Waals surface area contributed by atoms with Gasteiger partial charge in [0.25, 0.3) is 5.91 Å². The second-order valence-corrected chi connectivity index (χ2v) is 10.2. The van der Waals surface area contributed by atoms with Gasteiger partial charge in [0.05, 0.1) is 22.3 Å². The molecular weight excluding hydrogens is 508 g/mol. The fourth-order valence-electron chi connectivity index (χ4n) is 4.13. The van der Waals surface area contributed by atoms with Crippen LogP contribution >= 0.6 is 11.6 Å². The highest BCUT2D eigenvalue weighted by molar-refractivity contribution is 7.89. The summed E-state index contributed by atoms with van der Waals surface area (Å²) in [5.74, 6) is -0.518. The number of aliphatic hydroxyl groups excluding tert-OH is 1. The van der Waals surface area contributed by atoms with E-state index in [1.165, 1.54) is 28.0 Å². The molecule has 2 aromatic rings. The van der Waals surface area contributed by atoms with E-state index >= 15 is 0 Å². The number of sulfonamides is 1. The summed E-state index contributed by atoms with van der Waals surface area (Å²) in [5.41, 5.74) is 2.18. The first-order valence-corrected chi connectivity index (χ1v) is 12.8. The molecule has 1 fully saturated rings. The Morgan fingerprint density at radius 3 is 2.78 bits per heavy atom. The molecule has 2 aliphatic rings. The van der Waals surface area contributed by atoms with E-state index in [1.807, 2.05) is 0 Å². The van der Waals surface area contributed by atoms with Crippen LogP contribution in [-0.2, 0) is 10.0 Å². The summed E-state index contributed by atoms with van der Waals surface area (Å²) in [6.45, 7) is 2.00. The lowest BCUT2D eigenvalue weighted by Crippen LogP contribution is -2.48. The third kappa shape index (κ3) is 4.91. The van der Waals surface area contributed by atoms with Crippen LogP contribution in [0, 0.1) is 5.41 Å². The van der Waals surface area contributed by atoms with Crippen LogP contribution in [-0.4, -0.2) is 70.7 Å². The van der Waals surface area contributed by atoms with Crippen molar-refractivity contribution in [1.82, 2.24) is 30.3 Å². The van der Waals surface area contributed by atoms with Crippen molar-refractivity contribution < 1.29 is 18.3 Å². The van der Waals surface area contributed by atoms with Crippen molar-refractivity contribution in [2.24, 2.45) is 5.14 Å². The van der Waals surface area contributed by atoms with Gasteiger partial charge in [-0.2, -0.15) is 0 Å². The normalized spacial score (nSPS) is 21.6. The number of hydrogen-bond donors (Lipinski definition) is 5. The number of nitrogens with one attached hydrogen (secondary N) is 3. The van der Waals surface area contributed by atoms with Crippen LogP contribution < -0.4 is 15.8 Å². The van der Waals surface area contributed by atoms with E-state index in [9.17, 15) is 18.3 Å². The van der Waals surface area contributed by atoms with Crippen LogP contribution in [0.2, 0.25) is 5.02 Å². The van der Waals surface area contributed by atoms with Crippen molar-refractivity contribution in [3.8, 4) is 0 Å². The van der Waals surface area contributed by atoms with Crippen LogP contribution in [0.3, 0.4) is 0 Å². The molecule has 4 rings (SSSR count). The highest BCUT2D eigenvalue weighted by atomic mass is 35.5. The molecule has 6 N–H and O–H groups in total. The largest absolute Gasteiger partial charge is 0.387 e. The molecule has 1 saturated heterocycles. The first kappa shape index (κ1) is 25.6. The Balaban J connectivity index is 1.61. The maximum atomic E-state index is 13.2. The van der Waals surface area contributed by atoms with Gasteiger partial charge in [-0.15, -0.1) is 5.10 Å². The fraction of sp³-hybridized carbons (Fsp3) is 0.273. The number of primary sulfonamides is 1. The van der Waals surface area contributed by atoms with Crippen molar-refractivity contribution in [3.05, 3.63) is 64.9 Å². The lowest BCUT2D eigenvalue weighted by molar-refractivity contribution is 0.0715. The average Bonchev–Trinajstić information content (AvgIpc) is 3.31. The molecule has 1 unspecified atom stereocenters. The summed E-state index contributed by atoms with van der Waals surface area (Å²) in [5, 5.41) is 34.3. The molecule has 0 bridgehead atoms. The standard InChI is InChI=1S/C22H25ClN8O4S/c1-12-18(24)16(19(26-2)13-8-14(23)10-15(9-13)36(25,34)35)5-7-30(12)22(33)20-28-11-31(29-20)17-4-3-6-27-21(17)32/h3-4,6,8-12,21,24,26-27,32H,5,7H2,1-2H3,(H2,25,34,35)/b19-16-,24-18?/t12-,21?/m0/s1. The number of benzene rings is 1. The number of aliphatic hydroxyl groups is 1. The Bertz CT molecular complexity index is 1430. The Kier molecular flexibility index (Phi) is 7.00.